The monoisotopic (exact) mass is 314 g/mol. The number of halogens is 1. The van der Waals surface area contributed by atoms with Gasteiger partial charge in [0.2, 0.25) is 5.91 Å². The Hall–Kier alpha value is -2.24. The second-order valence-corrected chi connectivity index (χ2v) is 5.55. The van der Waals surface area contributed by atoms with Gasteiger partial charge in [0.05, 0.1) is 12.3 Å². The number of rotatable bonds is 5. The molecule has 0 saturated carbocycles. The summed E-state index contributed by atoms with van der Waals surface area (Å²) >= 11 is 0. The summed E-state index contributed by atoms with van der Waals surface area (Å²) in [6.45, 7) is 0.893. The molecule has 4 nitrogen and oxygen atoms in total. The normalized spacial score (nSPS) is 18.0. The number of benzene rings is 2. The highest BCUT2D eigenvalue weighted by Gasteiger charge is 2.36. The maximum Gasteiger partial charge on any atom is 0.246 e. The summed E-state index contributed by atoms with van der Waals surface area (Å²) in [4.78, 5) is 19.7. The number of anilines is 1. The molecule has 2 aromatic rings. The van der Waals surface area contributed by atoms with Crippen molar-refractivity contribution in [2.24, 2.45) is 0 Å². The topological polar surface area (TPSA) is 32.8 Å². The Labute approximate surface area is 135 Å². The average molecular weight is 314 g/mol. The zero-order valence-corrected chi connectivity index (χ0v) is 13.0. The highest BCUT2D eigenvalue weighted by Crippen LogP contribution is 2.26. The van der Waals surface area contributed by atoms with Crippen LogP contribution in [0.1, 0.15) is 12.0 Å². The van der Waals surface area contributed by atoms with E-state index in [1.165, 1.54) is 11.0 Å². The lowest BCUT2D eigenvalue weighted by Crippen LogP contribution is -2.39. The van der Waals surface area contributed by atoms with Gasteiger partial charge in [-0.15, -0.1) is 0 Å². The van der Waals surface area contributed by atoms with Gasteiger partial charge in [-0.1, -0.05) is 42.5 Å². The third-order valence-electron chi connectivity index (χ3n) is 4.04. The summed E-state index contributed by atoms with van der Waals surface area (Å²) in [5, 5.41) is 1.58. The lowest BCUT2D eigenvalue weighted by molar-refractivity contribution is -0.180. The Morgan fingerprint density at radius 2 is 1.87 bits per heavy atom. The van der Waals surface area contributed by atoms with Crippen molar-refractivity contribution in [2.75, 3.05) is 18.5 Å². The van der Waals surface area contributed by atoms with Gasteiger partial charge >= 0.3 is 0 Å². The van der Waals surface area contributed by atoms with Gasteiger partial charge in [0.1, 0.15) is 11.9 Å². The van der Waals surface area contributed by atoms with Gasteiger partial charge in [-0.25, -0.2) is 4.39 Å². The van der Waals surface area contributed by atoms with Crippen LogP contribution in [0.5, 0.6) is 0 Å². The molecule has 1 aliphatic heterocycles. The number of nitrogens with zero attached hydrogens (tertiary/aromatic N) is 2. The van der Waals surface area contributed by atoms with Crippen molar-refractivity contribution >= 4 is 11.6 Å². The van der Waals surface area contributed by atoms with Gasteiger partial charge < -0.3 is 4.90 Å². The molecule has 5 heteroatoms. The van der Waals surface area contributed by atoms with Gasteiger partial charge in [-0.05, 0) is 24.1 Å². The van der Waals surface area contributed by atoms with Gasteiger partial charge in [0.15, 0.2) is 0 Å². The van der Waals surface area contributed by atoms with E-state index in [9.17, 15) is 9.18 Å². The first-order valence-corrected chi connectivity index (χ1v) is 7.62. The minimum absolute atomic E-state index is 0.134. The Balaban J connectivity index is 1.63. The Bertz CT molecular complexity index is 678. The Morgan fingerprint density at radius 1 is 1.17 bits per heavy atom. The lowest BCUT2D eigenvalue weighted by Gasteiger charge is -2.23. The Morgan fingerprint density at radius 3 is 2.61 bits per heavy atom. The number of hydrogen-bond donors (Lipinski definition) is 0. The summed E-state index contributed by atoms with van der Waals surface area (Å²) in [6, 6.07) is 15.7. The zero-order valence-electron chi connectivity index (χ0n) is 13.0. The van der Waals surface area contributed by atoms with Gasteiger partial charge in [0.25, 0.3) is 0 Å². The first-order chi connectivity index (χ1) is 11.2. The molecule has 0 N–H and O–H groups in total. The van der Waals surface area contributed by atoms with Gasteiger partial charge in [-0.3, -0.25) is 9.63 Å². The fraction of sp³-hybridized carbons (Fsp3) is 0.278. The van der Waals surface area contributed by atoms with Crippen LogP contribution < -0.4 is 4.90 Å². The molecule has 23 heavy (non-hydrogen) atoms. The number of para-hydroxylation sites is 1. The van der Waals surface area contributed by atoms with Crippen molar-refractivity contribution in [3.63, 3.8) is 0 Å². The van der Waals surface area contributed by atoms with E-state index >= 15 is 0 Å². The maximum absolute atomic E-state index is 13.9. The van der Waals surface area contributed by atoms with Crippen LogP contribution in [-0.2, 0) is 16.2 Å². The molecule has 0 radical (unpaired) electrons. The second-order valence-electron chi connectivity index (χ2n) is 5.55. The van der Waals surface area contributed by atoms with Crippen LogP contribution >= 0.6 is 0 Å². The summed E-state index contributed by atoms with van der Waals surface area (Å²) in [5.41, 5.74) is 1.37. The smallest absolute Gasteiger partial charge is 0.246 e. The third-order valence-corrected chi connectivity index (χ3v) is 4.04. The van der Waals surface area contributed by atoms with E-state index in [2.05, 4.69) is 0 Å². The fourth-order valence-electron chi connectivity index (χ4n) is 2.75. The molecule has 1 amide bonds. The SMILES string of the molecule is CN(OCc1ccccc1)[C@@H]1CCN(c2ccccc2F)C1=O. The van der Waals surface area contributed by atoms with Crippen LogP contribution in [0.4, 0.5) is 10.1 Å². The number of hydroxylamine groups is 2. The number of carbonyl (C=O) groups is 1. The molecule has 120 valence electrons. The number of amides is 1. The molecule has 2 aromatic carbocycles. The van der Waals surface area contributed by atoms with Crippen LogP contribution in [0, 0.1) is 5.82 Å². The van der Waals surface area contributed by atoms with Crippen molar-refractivity contribution in [3.05, 3.63) is 66.0 Å². The summed E-state index contributed by atoms with van der Waals surface area (Å²) in [7, 11) is 1.75. The molecule has 0 aliphatic carbocycles. The third kappa shape index (κ3) is 3.41. The summed E-state index contributed by atoms with van der Waals surface area (Å²) in [6.07, 6.45) is 0.610. The van der Waals surface area contributed by atoms with E-state index in [0.717, 1.165) is 5.56 Å². The highest BCUT2D eigenvalue weighted by atomic mass is 19.1. The highest BCUT2D eigenvalue weighted by molar-refractivity contribution is 5.99. The number of likely N-dealkylation sites (N-methyl/N-ethyl adjacent to an activating group) is 1. The zero-order chi connectivity index (χ0) is 16.2. The minimum Gasteiger partial charge on any atom is -0.308 e. The van der Waals surface area contributed by atoms with E-state index in [-0.39, 0.29) is 11.7 Å². The molecule has 1 atom stereocenters. The number of hydrogen-bond acceptors (Lipinski definition) is 3. The lowest BCUT2D eigenvalue weighted by atomic mass is 10.2. The molecule has 1 fully saturated rings. The van der Waals surface area contributed by atoms with Crippen LogP contribution in [0.15, 0.2) is 54.6 Å². The molecule has 0 aromatic heterocycles. The van der Waals surface area contributed by atoms with E-state index in [1.54, 1.807) is 30.3 Å². The largest absolute Gasteiger partial charge is 0.308 e. The van der Waals surface area contributed by atoms with Crippen molar-refractivity contribution in [3.8, 4) is 0 Å². The van der Waals surface area contributed by atoms with Gasteiger partial charge in [-0.2, -0.15) is 5.06 Å². The number of carbonyl (C=O) groups excluding carboxylic acids is 1. The van der Waals surface area contributed by atoms with E-state index in [4.69, 9.17) is 4.84 Å². The van der Waals surface area contributed by atoms with E-state index in [0.29, 0.717) is 25.3 Å². The van der Waals surface area contributed by atoms with Crippen molar-refractivity contribution < 1.29 is 14.0 Å². The van der Waals surface area contributed by atoms with Crippen LogP contribution in [0.2, 0.25) is 0 Å². The van der Waals surface area contributed by atoms with Crippen LogP contribution in [0.25, 0.3) is 0 Å². The minimum atomic E-state index is -0.390. The van der Waals surface area contributed by atoms with Crippen molar-refractivity contribution in [1.29, 1.82) is 0 Å². The average Bonchev–Trinajstić information content (AvgIpc) is 2.95. The van der Waals surface area contributed by atoms with Crippen molar-refractivity contribution in [2.45, 2.75) is 19.1 Å². The molecular formula is C18H19FN2O2. The van der Waals surface area contributed by atoms with E-state index < -0.39 is 6.04 Å². The van der Waals surface area contributed by atoms with E-state index in [1.807, 2.05) is 30.3 Å². The molecule has 0 bridgehead atoms. The van der Waals surface area contributed by atoms with Crippen LogP contribution in [-0.4, -0.2) is 30.6 Å². The molecule has 1 aliphatic rings. The molecule has 1 heterocycles. The molecule has 0 unspecified atom stereocenters. The molecular weight excluding hydrogens is 295 g/mol. The standard InChI is InChI=1S/C18H19FN2O2/c1-20(23-13-14-7-3-2-4-8-14)17-11-12-21(18(17)22)16-10-6-5-9-15(16)19/h2-10,17H,11-13H2,1H3/t17-/m1/s1. The summed E-state index contributed by atoms with van der Waals surface area (Å²) in [5.74, 6) is -0.514. The Kier molecular flexibility index (Phi) is 4.69. The quantitative estimate of drug-likeness (QED) is 0.795. The predicted molar refractivity (Wildman–Crippen MR) is 86.2 cm³/mol. The predicted octanol–water partition coefficient (Wildman–Crippen LogP) is 2.99. The molecule has 1 saturated heterocycles. The van der Waals surface area contributed by atoms with Gasteiger partial charge in [0, 0.05) is 13.6 Å². The maximum atomic E-state index is 13.9. The first kappa shape index (κ1) is 15.6. The van der Waals surface area contributed by atoms with Crippen molar-refractivity contribution in [1.82, 2.24) is 5.06 Å². The van der Waals surface area contributed by atoms with Crippen LogP contribution in [0.3, 0.4) is 0 Å². The first-order valence-electron chi connectivity index (χ1n) is 7.62. The second kappa shape index (κ2) is 6.89. The summed E-state index contributed by atoms with van der Waals surface area (Å²) < 4.78 is 13.9. The molecule has 0 spiro atoms. The molecule has 3 rings (SSSR count). The fourth-order valence-corrected chi connectivity index (χ4v) is 2.75.